The molecule has 3 rings (SSSR count). The average Bonchev–Trinajstić information content (AvgIpc) is 3.02. The standard InChI is InChI=1S/C15H19N5/c1-20(13-7-8-16-10-13)15-9-14(17-11-18-15)19-12-5-3-2-4-6-12/h2-6,9,11,13,16H,7-8,10H2,1H3,(H,17,18,19). The number of benzene rings is 1. The Bertz CT molecular complexity index is 551. The molecular weight excluding hydrogens is 250 g/mol. The fourth-order valence-corrected chi connectivity index (χ4v) is 2.43. The molecule has 1 aromatic carbocycles. The third-order valence-corrected chi connectivity index (χ3v) is 3.64. The molecule has 5 heteroatoms. The second kappa shape index (κ2) is 5.88. The first-order valence-electron chi connectivity index (χ1n) is 6.90. The zero-order valence-corrected chi connectivity index (χ0v) is 11.6. The van der Waals surface area contributed by atoms with E-state index in [4.69, 9.17) is 0 Å². The molecule has 0 aliphatic carbocycles. The summed E-state index contributed by atoms with van der Waals surface area (Å²) in [5, 5.41) is 6.67. The molecule has 0 saturated carbocycles. The molecule has 2 N–H and O–H groups in total. The minimum atomic E-state index is 0.509. The fraction of sp³-hybridized carbons (Fsp3) is 0.333. The van der Waals surface area contributed by atoms with Crippen LogP contribution in [0, 0.1) is 0 Å². The topological polar surface area (TPSA) is 53.1 Å². The van der Waals surface area contributed by atoms with E-state index < -0.39 is 0 Å². The third kappa shape index (κ3) is 2.88. The van der Waals surface area contributed by atoms with Gasteiger partial charge in [-0.2, -0.15) is 0 Å². The van der Waals surface area contributed by atoms with E-state index >= 15 is 0 Å². The number of anilines is 3. The first kappa shape index (κ1) is 12.9. The number of nitrogens with one attached hydrogen (secondary N) is 2. The summed E-state index contributed by atoms with van der Waals surface area (Å²) < 4.78 is 0. The Labute approximate surface area is 119 Å². The molecule has 2 heterocycles. The van der Waals surface area contributed by atoms with Gasteiger partial charge in [0.15, 0.2) is 0 Å². The van der Waals surface area contributed by atoms with Crippen LogP contribution in [0.5, 0.6) is 0 Å². The number of nitrogens with zero attached hydrogens (tertiary/aromatic N) is 3. The normalized spacial score (nSPS) is 17.9. The Morgan fingerprint density at radius 3 is 2.85 bits per heavy atom. The Hall–Kier alpha value is -2.14. The number of hydrogen-bond donors (Lipinski definition) is 2. The summed E-state index contributed by atoms with van der Waals surface area (Å²) in [5.41, 5.74) is 1.03. The van der Waals surface area contributed by atoms with E-state index in [9.17, 15) is 0 Å². The third-order valence-electron chi connectivity index (χ3n) is 3.64. The summed E-state index contributed by atoms with van der Waals surface area (Å²) in [4.78, 5) is 10.9. The van der Waals surface area contributed by atoms with Crippen molar-refractivity contribution in [2.45, 2.75) is 12.5 Å². The van der Waals surface area contributed by atoms with Gasteiger partial charge in [0.1, 0.15) is 18.0 Å². The van der Waals surface area contributed by atoms with Crippen molar-refractivity contribution in [1.29, 1.82) is 0 Å². The Balaban J connectivity index is 1.75. The van der Waals surface area contributed by atoms with Crippen molar-refractivity contribution in [2.75, 3.05) is 30.4 Å². The van der Waals surface area contributed by atoms with Crippen LogP contribution >= 0.6 is 0 Å². The van der Waals surface area contributed by atoms with Crippen LogP contribution in [0.15, 0.2) is 42.7 Å². The predicted octanol–water partition coefficient (Wildman–Crippen LogP) is 2.02. The van der Waals surface area contributed by atoms with Crippen LogP contribution < -0.4 is 15.5 Å². The number of likely N-dealkylation sites (N-methyl/N-ethyl adjacent to an activating group) is 1. The van der Waals surface area contributed by atoms with Crippen molar-refractivity contribution in [3.8, 4) is 0 Å². The molecule has 1 aliphatic rings. The van der Waals surface area contributed by atoms with E-state index in [2.05, 4.69) is 32.5 Å². The number of aromatic nitrogens is 2. The lowest BCUT2D eigenvalue weighted by Crippen LogP contribution is -2.33. The molecule has 5 nitrogen and oxygen atoms in total. The number of rotatable bonds is 4. The van der Waals surface area contributed by atoms with Crippen molar-refractivity contribution < 1.29 is 0 Å². The van der Waals surface area contributed by atoms with E-state index in [1.165, 1.54) is 0 Å². The van der Waals surface area contributed by atoms with Gasteiger partial charge in [-0.1, -0.05) is 18.2 Å². The SMILES string of the molecule is CN(c1cc(Nc2ccccc2)ncn1)C1CCNC1. The summed E-state index contributed by atoms with van der Waals surface area (Å²) in [6.07, 6.45) is 2.77. The van der Waals surface area contributed by atoms with Gasteiger partial charge in [0.05, 0.1) is 0 Å². The second-order valence-electron chi connectivity index (χ2n) is 5.01. The maximum atomic E-state index is 4.37. The van der Waals surface area contributed by atoms with Crippen LogP contribution in [-0.4, -0.2) is 36.1 Å². The molecule has 1 saturated heterocycles. The highest BCUT2D eigenvalue weighted by Gasteiger charge is 2.20. The van der Waals surface area contributed by atoms with Gasteiger partial charge in [-0.25, -0.2) is 9.97 Å². The van der Waals surface area contributed by atoms with Crippen molar-refractivity contribution in [3.63, 3.8) is 0 Å². The lowest BCUT2D eigenvalue weighted by molar-refractivity contribution is 0.677. The summed E-state index contributed by atoms with van der Waals surface area (Å²) in [6.45, 7) is 2.09. The second-order valence-corrected chi connectivity index (χ2v) is 5.01. The molecule has 1 aromatic heterocycles. The van der Waals surface area contributed by atoms with E-state index in [1.54, 1.807) is 6.33 Å². The Kier molecular flexibility index (Phi) is 3.78. The highest BCUT2D eigenvalue weighted by molar-refractivity contribution is 5.59. The molecule has 0 bridgehead atoms. The van der Waals surface area contributed by atoms with Gasteiger partial charge in [0.2, 0.25) is 0 Å². The maximum absolute atomic E-state index is 4.37. The Morgan fingerprint density at radius 1 is 1.25 bits per heavy atom. The maximum Gasteiger partial charge on any atom is 0.135 e. The van der Waals surface area contributed by atoms with Gasteiger partial charge < -0.3 is 15.5 Å². The molecule has 1 fully saturated rings. The van der Waals surface area contributed by atoms with Crippen LogP contribution in [-0.2, 0) is 0 Å². The quantitative estimate of drug-likeness (QED) is 0.889. The minimum absolute atomic E-state index is 0.509. The first-order chi connectivity index (χ1) is 9.83. The zero-order chi connectivity index (χ0) is 13.8. The summed E-state index contributed by atoms with van der Waals surface area (Å²) in [6, 6.07) is 12.5. The average molecular weight is 269 g/mol. The van der Waals surface area contributed by atoms with Crippen LogP contribution in [0.1, 0.15) is 6.42 Å². The predicted molar refractivity (Wildman–Crippen MR) is 81.4 cm³/mol. The molecule has 104 valence electrons. The smallest absolute Gasteiger partial charge is 0.135 e. The van der Waals surface area contributed by atoms with Crippen LogP contribution in [0.25, 0.3) is 0 Å². The lowest BCUT2D eigenvalue weighted by Gasteiger charge is -2.24. The van der Waals surface area contributed by atoms with Crippen molar-refractivity contribution in [1.82, 2.24) is 15.3 Å². The van der Waals surface area contributed by atoms with Crippen molar-refractivity contribution in [3.05, 3.63) is 42.7 Å². The van der Waals surface area contributed by atoms with Gasteiger partial charge in [0, 0.05) is 31.4 Å². The highest BCUT2D eigenvalue weighted by Crippen LogP contribution is 2.20. The molecule has 1 atom stereocenters. The molecule has 0 radical (unpaired) electrons. The van der Waals surface area contributed by atoms with Gasteiger partial charge in [-0.05, 0) is 25.1 Å². The number of hydrogen-bond acceptors (Lipinski definition) is 5. The molecule has 2 aromatic rings. The molecule has 0 spiro atoms. The van der Waals surface area contributed by atoms with Gasteiger partial charge in [-0.3, -0.25) is 0 Å². The fourth-order valence-electron chi connectivity index (χ4n) is 2.43. The monoisotopic (exact) mass is 269 g/mol. The zero-order valence-electron chi connectivity index (χ0n) is 11.6. The Morgan fingerprint density at radius 2 is 2.10 bits per heavy atom. The first-order valence-corrected chi connectivity index (χ1v) is 6.90. The van der Waals surface area contributed by atoms with Gasteiger partial charge in [-0.15, -0.1) is 0 Å². The highest BCUT2D eigenvalue weighted by atomic mass is 15.2. The summed E-state index contributed by atoms with van der Waals surface area (Å²) in [5.74, 6) is 1.77. The minimum Gasteiger partial charge on any atom is -0.355 e. The molecule has 1 aliphatic heterocycles. The van der Waals surface area contributed by atoms with Gasteiger partial charge in [0.25, 0.3) is 0 Å². The molecule has 0 amide bonds. The molecule has 1 unspecified atom stereocenters. The van der Waals surface area contributed by atoms with Crippen molar-refractivity contribution >= 4 is 17.3 Å². The summed E-state index contributed by atoms with van der Waals surface area (Å²) in [7, 11) is 2.09. The number of para-hydroxylation sites is 1. The molecular formula is C15H19N5. The van der Waals surface area contributed by atoms with Crippen LogP contribution in [0.2, 0.25) is 0 Å². The van der Waals surface area contributed by atoms with E-state index in [0.29, 0.717) is 6.04 Å². The van der Waals surface area contributed by atoms with E-state index in [0.717, 1.165) is 36.8 Å². The van der Waals surface area contributed by atoms with Crippen LogP contribution in [0.3, 0.4) is 0 Å². The van der Waals surface area contributed by atoms with Crippen LogP contribution in [0.4, 0.5) is 17.3 Å². The van der Waals surface area contributed by atoms with Gasteiger partial charge >= 0.3 is 0 Å². The van der Waals surface area contributed by atoms with E-state index in [1.807, 2.05) is 36.4 Å². The molecule has 20 heavy (non-hydrogen) atoms. The lowest BCUT2D eigenvalue weighted by atomic mass is 10.2. The largest absolute Gasteiger partial charge is 0.355 e. The van der Waals surface area contributed by atoms with Crippen molar-refractivity contribution in [2.24, 2.45) is 0 Å². The summed E-state index contributed by atoms with van der Waals surface area (Å²) >= 11 is 0. The van der Waals surface area contributed by atoms with E-state index in [-0.39, 0.29) is 0 Å².